The first kappa shape index (κ1) is 14.6. The molecule has 0 aliphatic heterocycles. The van der Waals surface area contributed by atoms with E-state index in [1.807, 2.05) is 0 Å². The highest BCUT2D eigenvalue weighted by atomic mass is 19.4. The maximum Gasteiger partial charge on any atom is 0.420 e. The van der Waals surface area contributed by atoms with Crippen molar-refractivity contribution < 1.29 is 22.6 Å². The molecule has 6 heteroatoms. The van der Waals surface area contributed by atoms with E-state index in [2.05, 4.69) is 0 Å². The quantitative estimate of drug-likeness (QED) is 0.912. The van der Waals surface area contributed by atoms with Crippen molar-refractivity contribution in [1.29, 1.82) is 0 Å². The topological polar surface area (TPSA) is 44.5 Å². The highest BCUT2D eigenvalue weighted by Crippen LogP contribution is 2.43. The van der Waals surface area contributed by atoms with Gasteiger partial charge in [0.2, 0.25) is 0 Å². The van der Waals surface area contributed by atoms with Crippen LogP contribution in [0, 0.1) is 0 Å². The summed E-state index contributed by atoms with van der Waals surface area (Å²) < 4.78 is 48.6. The second-order valence-electron chi connectivity index (χ2n) is 4.48. The van der Waals surface area contributed by atoms with Crippen LogP contribution in [0.1, 0.15) is 25.0 Å². The lowest BCUT2D eigenvalue weighted by Gasteiger charge is -2.25. The molecule has 0 aliphatic carbocycles. The third-order valence-electron chi connectivity index (χ3n) is 2.50. The van der Waals surface area contributed by atoms with Gasteiger partial charge in [0.1, 0.15) is 17.1 Å². The molecule has 0 saturated carbocycles. The standard InChI is InChI=1S/C12H16F3NO2/c1-11(2,16)8-5-7(17-3)6-9(10(8)18-4)12(13,14)15/h5-6H,16H2,1-4H3. The molecule has 0 fully saturated rings. The van der Waals surface area contributed by atoms with E-state index >= 15 is 0 Å². The molecule has 0 aliphatic rings. The van der Waals surface area contributed by atoms with Crippen LogP contribution in [-0.4, -0.2) is 14.2 Å². The maximum atomic E-state index is 12.9. The number of alkyl halides is 3. The molecule has 0 radical (unpaired) electrons. The van der Waals surface area contributed by atoms with Gasteiger partial charge in [0.05, 0.1) is 14.2 Å². The smallest absolute Gasteiger partial charge is 0.420 e. The number of ether oxygens (including phenoxy) is 2. The van der Waals surface area contributed by atoms with Crippen LogP contribution in [0.2, 0.25) is 0 Å². The van der Waals surface area contributed by atoms with Crippen LogP contribution in [0.25, 0.3) is 0 Å². The van der Waals surface area contributed by atoms with Crippen molar-refractivity contribution in [3.8, 4) is 11.5 Å². The van der Waals surface area contributed by atoms with Crippen LogP contribution in [-0.2, 0) is 11.7 Å². The zero-order valence-corrected chi connectivity index (χ0v) is 10.7. The van der Waals surface area contributed by atoms with Gasteiger partial charge in [-0.2, -0.15) is 13.2 Å². The largest absolute Gasteiger partial charge is 0.497 e. The van der Waals surface area contributed by atoms with Crippen LogP contribution >= 0.6 is 0 Å². The van der Waals surface area contributed by atoms with Crippen molar-refractivity contribution >= 4 is 0 Å². The predicted molar refractivity (Wildman–Crippen MR) is 61.8 cm³/mol. The summed E-state index contributed by atoms with van der Waals surface area (Å²) >= 11 is 0. The fourth-order valence-corrected chi connectivity index (χ4v) is 1.63. The number of nitrogens with two attached hydrogens (primary N) is 1. The fraction of sp³-hybridized carbons (Fsp3) is 0.500. The molecule has 2 N–H and O–H groups in total. The summed E-state index contributed by atoms with van der Waals surface area (Å²) in [5.41, 5.74) is 4.25. The van der Waals surface area contributed by atoms with Crippen LogP contribution in [0.5, 0.6) is 11.5 Å². The van der Waals surface area contributed by atoms with Gasteiger partial charge in [0.15, 0.2) is 0 Å². The number of benzene rings is 1. The van der Waals surface area contributed by atoms with Gasteiger partial charge in [-0.3, -0.25) is 0 Å². The molecule has 0 spiro atoms. The fourth-order valence-electron chi connectivity index (χ4n) is 1.63. The van der Waals surface area contributed by atoms with Crippen molar-refractivity contribution in [1.82, 2.24) is 0 Å². The highest BCUT2D eigenvalue weighted by Gasteiger charge is 2.38. The Morgan fingerprint density at radius 1 is 1.00 bits per heavy atom. The molecule has 3 nitrogen and oxygen atoms in total. The minimum atomic E-state index is -4.53. The Balaban J connectivity index is 3.61. The molecule has 0 aromatic heterocycles. The van der Waals surface area contributed by atoms with Gasteiger partial charge < -0.3 is 15.2 Å². The number of halogens is 3. The number of hydrogen-bond donors (Lipinski definition) is 1. The molecule has 1 aromatic carbocycles. The second kappa shape index (κ2) is 4.68. The highest BCUT2D eigenvalue weighted by molar-refractivity contribution is 5.51. The Labute approximate surface area is 104 Å². The van der Waals surface area contributed by atoms with Gasteiger partial charge in [-0.05, 0) is 26.0 Å². The molecule has 0 atom stereocenters. The normalized spacial score (nSPS) is 12.4. The average molecular weight is 263 g/mol. The lowest BCUT2D eigenvalue weighted by atomic mass is 9.92. The molecule has 1 aromatic rings. The van der Waals surface area contributed by atoms with Crippen LogP contribution in [0.15, 0.2) is 12.1 Å². The number of methoxy groups -OCH3 is 2. The van der Waals surface area contributed by atoms with E-state index in [1.165, 1.54) is 20.3 Å². The van der Waals surface area contributed by atoms with E-state index in [4.69, 9.17) is 15.2 Å². The minimum absolute atomic E-state index is 0.0941. The molecule has 1 rings (SSSR count). The lowest BCUT2D eigenvalue weighted by Crippen LogP contribution is -2.30. The molecule has 0 heterocycles. The molecule has 102 valence electrons. The summed E-state index contributed by atoms with van der Waals surface area (Å²) in [6.07, 6.45) is -4.53. The van der Waals surface area contributed by atoms with Crippen molar-refractivity contribution in [3.05, 3.63) is 23.3 Å². The van der Waals surface area contributed by atoms with E-state index in [0.29, 0.717) is 0 Å². The third kappa shape index (κ3) is 2.87. The Bertz CT molecular complexity index is 401. The van der Waals surface area contributed by atoms with Gasteiger partial charge in [0, 0.05) is 11.1 Å². The zero-order valence-electron chi connectivity index (χ0n) is 10.7. The van der Waals surface area contributed by atoms with Crippen molar-refractivity contribution in [2.24, 2.45) is 5.73 Å². The van der Waals surface area contributed by atoms with Gasteiger partial charge in [0.25, 0.3) is 0 Å². The summed E-state index contributed by atoms with van der Waals surface area (Å²) in [7, 11) is 2.49. The maximum absolute atomic E-state index is 12.9. The van der Waals surface area contributed by atoms with Crippen LogP contribution < -0.4 is 15.2 Å². The molecule has 0 bridgehead atoms. The van der Waals surface area contributed by atoms with E-state index in [9.17, 15) is 13.2 Å². The molecule has 18 heavy (non-hydrogen) atoms. The van der Waals surface area contributed by atoms with Crippen molar-refractivity contribution in [3.63, 3.8) is 0 Å². The Morgan fingerprint density at radius 3 is 1.83 bits per heavy atom. The van der Waals surface area contributed by atoms with Gasteiger partial charge >= 0.3 is 6.18 Å². The van der Waals surface area contributed by atoms with Crippen LogP contribution in [0.4, 0.5) is 13.2 Å². The Hall–Kier alpha value is -1.43. The van der Waals surface area contributed by atoms with Crippen molar-refractivity contribution in [2.45, 2.75) is 25.6 Å². The first-order chi connectivity index (χ1) is 8.11. The molecular weight excluding hydrogens is 247 g/mol. The second-order valence-corrected chi connectivity index (χ2v) is 4.48. The monoisotopic (exact) mass is 263 g/mol. The van der Waals surface area contributed by atoms with Gasteiger partial charge in [-0.15, -0.1) is 0 Å². The third-order valence-corrected chi connectivity index (χ3v) is 2.50. The molecule has 0 unspecified atom stereocenters. The lowest BCUT2D eigenvalue weighted by molar-refractivity contribution is -0.139. The minimum Gasteiger partial charge on any atom is -0.497 e. The van der Waals surface area contributed by atoms with E-state index < -0.39 is 17.3 Å². The average Bonchev–Trinajstić information content (AvgIpc) is 2.24. The zero-order chi connectivity index (χ0) is 14.1. The van der Waals surface area contributed by atoms with E-state index in [-0.39, 0.29) is 17.1 Å². The first-order valence-corrected chi connectivity index (χ1v) is 5.24. The molecule has 0 saturated heterocycles. The number of hydrogen-bond acceptors (Lipinski definition) is 3. The first-order valence-electron chi connectivity index (χ1n) is 5.24. The summed E-state index contributed by atoms with van der Waals surface area (Å²) in [5.74, 6) is -0.174. The van der Waals surface area contributed by atoms with Gasteiger partial charge in [-0.1, -0.05) is 0 Å². The van der Waals surface area contributed by atoms with E-state index in [1.54, 1.807) is 13.8 Å². The van der Waals surface area contributed by atoms with Gasteiger partial charge in [-0.25, -0.2) is 0 Å². The Kier molecular flexibility index (Phi) is 3.81. The summed E-state index contributed by atoms with van der Waals surface area (Å²) in [4.78, 5) is 0. The molecular formula is C12H16F3NO2. The predicted octanol–water partition coefficient (Wildman–Crippen LogP) is 2.92. The number of rotatable bonds is 3. The SMILES string of the molecule is COc1cc(C(C)(C)N)c(OC)c(C(F)(F)F)c1. The van der Waals surface area contributed by atoms with E-state index in [0.717, 1.165) is 6.07 Å². The summed E-state index contributed by atoms with van der Waals surface area (Å²) in [6.45, 7) is 3.20. The van der Waals surface area contributed by atoms with Crippen LogP contribution in [0.3, 0.4) is 0 Å². The molecule has 0 amide bonds. The Morgan fingerprint density at radius 2 is 1.50 bits per heavy atom. The summed E-state index contributed by atoms with van der Waals surface area (Å²) in [6, 6.07) is 2.35. The summed E-state index contributed by atoms with van der Waals surface area (Å²) in [5, 5.41) is 0. The van der Waals surface area contributed by atoms with Crippen molar-refractivity contribution in [2.75, 3.05) is 14.2 Å².